The first-order valence-corrected chi connectivity index (χ1v) is 6.76. The van der Waals surface area contributed by atoms with Crippen LogP contribution in [-0.2, 0) is 6.54 Å². The average molecular weight is 319 g/mol. The van der Waals surface area contributed by atoms with E-state index < -0.39 is 11.2 Å². The highest BCUT2D eigenvalue weighted by Gasteiger charge is 2.19. The second kappa shape index (κ2) is 5.90. The quantitative estimate of drug-likeness (QED) is 0.767. The van der Waals surface area contributed by atoms with Crippen LogP contribution in [0.3, 0.4) is 0 Å². The summed E-state index contributed by atoms with van der Waals surface area (Å²) in [5, 5.41) is 6.48. The van der Waals surface area contributed by atoms with Gasteiger partial charge >= 0.3 is 5.69 Å². The third kappa shape index (κ3) is 2.79. The fourth-order valence-corrected chi connectivity index (χ4v) is 2.27. The Balaban J connectivity index is 2.12. The zero-order valence-corrected chi connectivity index (χ0v) is 12.0. The monoisotopic (exact) mass is 318 g/mol. The third-order valence-electron chi connectivity index (χ3n) is 2.99. The summed E-state index contributed by atoms with van der Waals surface area (Å²) in [6, 6.07) is 10.5. The minimum atomic E-state index is -0.675. The Labute approximate surface area is 129 Å². The number of anilines is 2. The van der Waals surface area contributed by atoms with Crippen molar-refractivity contribution in [3.8, 4) is 0 Å². The lowest BCUT2D eigenvalue weighted by molar-refractivity contribution is 0.509. The summed E-state index contributed by atoms with van der Waals surface area (Å²) >= 11 is 6.21. The molecular formula is C14H11ClN4O3. The van der Waals surface area contributed by atoms with Gasteiger partial charge in [0, 0.05) is 0 Å². The van der Waals surface area contributed by atoms with Gasteiger partial charge in [0.15, 0.2) is 0 Å². The van der Waals surface area contributed by atoms with Crippen LogP contribution < -0.4 is 16.1 Å². The molecule has 0 aliphatic carbocycles. The van der Waals surface area contributed by atoms with Crippen LogP contribution in [-0.4, -0.2) is 15.2 Å². The highest BCUT2D eigenvalue weighted by molar-refractivity contribution is 6.33. The molecule has 0 aliphatic heterocycles. The molecule has 7 nitrogen and oxygen atoms in total. The number of para-hydroxylation sites is 1. The smallest absolute Gasteiger partial charge is 0.342 e. The van der Waals surface area contributed by atoms with E-state index in [2.05, 4.69) is 15.2 Å². The van der Waals surface area contributed by atoms with Crippen LogP contribution in [0.4, 0.5) is 11.5 Å². The van der Waals surface area contributed by atoms with Crippen LogP contribution >= 0.6 is 11.6 Å². The van der Waals surface area contributed by atoms with Crippen molar-refractivity contribution in [1.29, 1.82) is 0 Å². The number of benzene rings is 1. The molecule has 3 rings (SSSR count). The van der Waals surface area contributed by atoms with Crippen LogP contribution in [0, 0.1) is 0 Å². The van der Waals surface area contributed by atoms with E-state index in [0.29, 0.717) is 16.5 Å². The second-order valence-electron chi connectivity index (χ2n) is 4.45. The van der Waals surface area contributed by atoms with E-state index in [1.54, 1.807) is 41.3 Å². The molecule has 0 aliphatic rings. The van der Waals surface area contributed by atoms with Crippen molar-refractivity contribution in [2.75, 3.05) is 4.90 Å². The standard InChI is InChI=1S/C14H11ClN4O3/c15-10-5-1-2-6-11(10)19(8-9-4-3-7-22-9)12-13(20)16-14(21)18-17-12/h1-7H,8H2,(H2,16,18,20,21). The van der Waals surface area contributed by atoms with Crippen molar-refractivity contribution in [2.24, 2.45) is 0 Å². The first-order valence-electron chi connectivity index (χ1n) is 6.38. The van der Waals surface area contributed by atoms with Gasteiger partial charge in [-0.25, -0.2) is 9.89 Å². The van der Waals surface area contributed by atoms with Crippen LogP contribution in [0.5, 0.6) is 0 Å². The maximum Gasteiger partial charge on any atom is 0.342 e. The van der Waals surface area contributed by atoms with Gasteiger partial charge in [0.05, 0.1) is 23.5 Å². The zero-order chi connectivity index (χ0) is 15.5. The third-order valence-corrected chi connectivity index (χ3v) is 3.31. The highest BCUT2D eigenvalue weighted by Crippen LogP contribution is 2.30. The molecule has 0 bridgehead atoms. The number of halogens is 1. The van der Waals surface area contributed by atoms with Crippen molar-refractivity contribution < 1.29 is 4.42 Å². The number of rotatable bonds is 4. The molecule has 0 atom stereocenters. The normalized spacial score (nSPS) is 10.6. The Bertz CT molecular complexity index is 885. The molecule has 112 valence electrons. The van der Waals surface area contributed by atoms with Crippen molar-refractivity contribution in [3.05, 3.63) is 74.3 Å². The summed E-state index contributed by atoms with van der Waals surface area (Å²) in [5.41, 5.74) is -0.716. The van der Waals surface area contributed by atoms with Gasteiger partial charge in [-0.3, -0.25) is 9.78 Å². The lowest BCUT2D eigenvalue weighted by Gasteiger charge is -2.22. The summed E-state index contributed by atoms with van der Waals surface area (Å²) in [7, 11) is 0. The van der Waals surface area contributed by atoms with Crippen molar-refractivity contribution in [3.63, 3.8) is 0 Å². The van der Waals surface area contributed by atoms with Crippen LogP contribution in [0.25, 0.3) is 0 Å². The van der Waals surface area contributed by atoms with E-state index in [0.717, 1.165) is 0 Å². The Kier molecular flexibility index (Phi) is 3.80. The van der Waals surface area contributed by atoms with E-state index >= 15 is 0 Å². The molecule has 2 heterocycles. The van der Waals surface area contributed by atoms with Gasteiger partial charge in [-0.05, 0) is 24.3 Å². The summed E-state index contributed by atoms with van der Waals surface area (Å²) < 4.78 is 5.31. The molecule has 0 radical (unpaired) electrons. The van der Waals surface area contributed by atoms with Gasteiger partial charge in [-0.1, -0.05) is 23.7 Å². The van der Waals surface area contributed by atoms with E-state index in [-0.39, 0.29) is 12.4 Å². The maximum atomic E-state index is 12.0. The highest BCUT2D eigenvalue weighted by atomic mass is 35.5. The van der Waals surface area contributed by atoms with Crippen LogP contribution in [0.15, 0.2) is 56.7 Å². The molecule has 0 saturated carbocycles. The molecule has 2 N–H and O–H groups in total. The van der Waals surface area contributed by atoms with Gasteiger partial charge in [-0.15, -0.1) is 5.10 Å². The molecule has 0 fully saturated rings. The predicted molar refractivity (Wildman–Crippen MR) is 81.5 cm³/mol. The molecule has 2 aromatic heterocycles. The Morgan fingerprint density at radius 2 is 2.00 bits per heavy atom. The number of nitrogens with zero attached hydrogens (tertiary/aromatic N) is 2. The SMILES string of the molecule is O=c1[nH]nc(N(Cc2ccco2)c2ccccc2Cl)c(=O)[nH]1. The number of hydrogen-bond acceptors (Lipinski definition) is 5. The van der Waals surface area contributed by atoms with Gasteiger partial charge < -0.3 is 9.32 Å². The van der Waals surface area contributed by atoms with Gasteiger partial charge in [0.25, 0.3) is 5.56 Å². The first kappa shape index (κ1) is 14.2. The summed E-state index contributed by atoms with van der Waals surface area (Å²) in [5.74, 6) is 0.636. The van der Waals surface area contributed by atoms with Crippen molar-refractivity contribution in [2.45, 2.75) is 6.54 Å². The molecule has 8 heteroatoms. The van der Waals surface area contributed by atoms with Crippen molar-refractivity contribution in [1.82, 2.24) is 15.2 Å². The number of aromatic nitrogens is 3. The molecule has 1 aromatic carbocycles. The lowest BCUT2D eigenvalue weighted by Crippen LogP contribution is -2.31. The van der Waals surface area contributed by atoms with E-state index in [1.165, 1.54) is 6.26 Å². The van der Waals surface area contributed by atoms with Gasteiger partial charge in [0.2, 0.25) is 5.82 Å². The Hall–Kier alpha value is -2.80. The number of H-pyrrole nitrogens is 2. The van der Waals surface area contributed by atoms with Crippen molar-refractivity contribution >= 4 is 23.1 Å². The largest absolute Gasteiger partial charge is 0.467 e. The number of nitrogens with one attached hydrogen (secondary N) is 2. The number of hydrogen-bond donors (Lipinski definition) is 2. The van der Waals surface area contributed by atoms with Crippen LogP contribution in [0.2, 0.25) is 5.02 Å². The zero-order valence-electron chi connectivity index (χ0n) is 11.2. The molecule has 3 aromatic rings. The molecule has 0 saturated heterocycles. The number of aromatic amines is 2. The minimum Gasteiger partial charge on any atom is -0.467 e. The minimum absolute atomic E-state index is 0.0177. The first-order chi connectivity index (χ1) is 10.6. The summed E-state index contributed by atoms with van der Waals surface area (Å²) in [6.07, 6.45) is 1.53. The summed E-state index contributed by atoms with van der Waals surface area (Å²) in [4.78, 5) is 26.9. The van der Waals surface area contributed by atoms with Gasteiger partial charge in [0.1, 0.15) is 5.76 Å². The van der Waals surface area contributed by atoms with E-state index in [9.17, 15) is 9.59 Å². The molecule has 0 amide bonds. The molecular weight excluding hydrogens is 308 g/mol. The topological polar surface area (TPSA) is 95.0 Å². The van der Waals surface area contributed by atoms with Gasteiger partial charge in [-0.2, -0.15) is 0 Å². The van der Waals surface area contributed by atoms with E-state index in [1.807, 2.05) is 0 Å². The lowest BCUT2D eigenvalue weighted by atomic mass is 10.2. The molecule has 0 spiro atoms. The summed E-state index contributed by atoms with van der Waals surface area (Å²) in [6.45, 7) is 0.235. The van der Waals surface area contributed by atoms with Crippen LogP contribution in [0.1, 0.15) is 5.76 Å². The Morgan fingerprint density at radius 1 is 1.18 bits per heavy atom. The fraction of sp³-hybridized carbons (Fsp3) is 0.0714. The molecule has 0 unspecified atom stereocenters. The second-order valence-corrected chi connectivity index (χ2v) is 4.85. The fourth-order valence-electron chi connectivity index (χ4n) is 2.03. The predicted octanol–water partition coefficient (Wildman–Crippen LogP) is 2.04. The maximum absolute atomic E-state index is 12.0. The van der Waals surface area contributed by atoms with E-state index in [4.69, 9.17) is 16.0 Å². The Morgan fingerprint density at radius 3 is 2.68 bits per heavy atom. The average Bonchev–Trinajstić information content (AvgIpc) is 2.99. The molecule has 22 heavy (non-hydrogen) atoms. The number of furan rings is 1.